The van der Waals surface area contributed by atoms with Crippen molar-refractivity contribution >= 4 is 17.5 Å². The quantitative estimate of drug-likeness (QED) is 0.705. The molecule has 0 aromatic heterocycles. The molecule has 0 heterocycles. The second-order valence-electron chi connectivity index (χ2n) is 4.16. The lowest BCUT2D eigenvalue weighted by molar-refractivity contribution is -0.121. The molecule has 14 heavy (non-hydrogen) atoms. The second kappa shape index (κ2) is 6.28. The molecule has 1 unspecified atom stereocenters. The van der Waals surface area contributed by atoms with Crippen molar-refractivity contribution in [3.8, 4) is 0 Å². The Kier molecular flexibility index (Phi) is 5.31. The highest BCUT2D eigenvalue weighted by molar-refractivity contribution is 6.20. The van der Waals surface area contributed by atoms with Gasteiger partial charge in [-0.05, 0) is 25.2 Å². The topological polar surface area (TPSA) is 29.1 Å². The zero-order valence-electron chi connectivity index (χ0n) is 8.89. The lowest BCUT2D eigenvalue weighted by Crippen LogP contribution is -2.30. The normalized spacial score (nSPS) is 19.6. The van der Waals surface area contributed by atoms with Crippen LogP contribution in [0.3, 0.4) is 0 Å². The maximum atomic E-state index is 11.4. The molecule has 1 aliphatic rings. The maximum absolute atomic E-state index is 11.4. The van der Waals surface area contributed by atoms with Gasteiger partial charge >= 0.3 is 0 Å². The Morgan fingerprint density at radius 2 is 2.14 bits per heavy atom. The molecule has 2 nitrogen and oxygen atoms in total. The third-order valence-electron chi connectivity index (χ3n) is 2.91. The molecule has 1 fully saturated rings. The number of hydrogen-bond donors (Lipinski definition) is 1. The Labute approximate surface area is 91.4 Å². The molecule has 0 bridgehead atoms. The molecular weight excluding hydrogens is 198 g/mol. The van der Waals surface area contributed by atoms with Crippen LogP contribution in [0.2, 0.25) is 0 Å². The molecule has 0 saturated heterocycles. The first-order valence-corrected chi connectivity index (χ1v) is 6.06. The van der Waals surface area contributed by atoms with E-state index < -0.39 is 0 Å². The summed E-state index contributed by atoms with van der Waals surface area (Å²) in [5, 5.41) is 2.98. The molecule has 1 saturated carbocycles. The summed E-state index contributed by atoms with van der Waals surface area (Å²) < 4.78 is 0. The van der Waals surface area contributed by atoms with Gasteiger partial charge in [-0.1, -0.05) is 19.8 Å². The summed E-state index contributed by atoms with van der Waals surface area (Å²) in [4.78, 5) is 11.4. The Hall–Kier alpha value is -0.240. The zero-order valence-corrected chi connectivity index (χ0v) is 9.65. The van der Waals surface area contributed by atoms with E-state index in [9.17, 15) is 4.79 Å². The van der Waals surface area contributed by atoms with Crippen LogP contribution in [0, 0.1) is 5.92 Å². The van der Waals surface area contributed by atoms with Gasteiger partial charge in [-0.3, -0.25) is 4.79 Å². The monoisotopic (exact) mass is 217 g/mol. The smallest absolute Gasteiger partial charge is 0.220 e. The summed E-state index contributed by atoms with van der Waals surface area (Å²) in [7, 11) is 0. The van der Waals surface area contributed by atoms with Gasteiger partial charge in [-0.25, -0.2) is 0 Å². The van der Waals surface area contributed by atoms with Crippen molar-refractivity contribution in [2.45, 2.75) is 50.8 Å². The van der Waals surface area contributed by atoms with E-state index >= 15 is 0 Å². The number of hydrogen-bond acceptors (Lipinski definition) is 1. The molecule has 82 valence electrons. The molecule has 1 rings (SSSR count). The molecular formula is C11H20ClNO. The fourth-order valence-electron chi connectivity index (χ4n) is 1.92. The van der Waals surface area contributed by atoms with Gasteiger partial charge in [0.1, 0.15) is 0 Å². The molecule has 1 amide bonds. The predicted molar refractivity (Wildman–Crippen MR) is 59.5 cm³/mol. The number of halogens is 1. The molecule has 1 atom stereocenters. The van der Waals surface area contributed by atoms with Gasteiger partial charge in [-0.15, -0.1) is 11.6 Å². The minimum absolute atomic E-state index is 0.0857. The van der Waals surface area contributed by atoms with Crippen LogP contribution >= 0.6 is 11.6 Å². The van der Waals surface area contributed by atoms with Crippen molar-refractivity contribution in [3.63, 3.8) is 0 Å². The van der Waals surface area contributed by atoms with Crippen molar-refractivity contribution in [3.05, 3.63) is 0 Å². The number of amides is 1. The predicted octanol–water partition coefficient (Wildman–Crippen LogP) is 2.70. The first-order chi connectivity index (χ1) is 6.72. The SMILES string of the molecule is CCC(Cl)CNC(=O)CC1CCCC1. The van der Waals surface area contributed by atoms with Crippen LogP contribution in [-0.2, 0) is 4.79 Å². The molecule has 0 aromatic carbocycles. The van der Waals surface area contributed by atoms with E-state index in [-0.39, 0.29) is 11.3 Å². The van der Waals surface area contributed by atoms with Crippen LogP contribution in [-0.4, -0.2) is 17.8 Å². The van der Waals surface area contributed by atoms with Gasteiger partial charge in [0.15, 0.2) is 0 Å². The van der Waals surface area contributed by atoms with Crippen molar-refractivity contribution in [2.24, 2.45) is 5.92 Å². The summed E-state index contributed by atoms with van der Waals surface area (Å²) in [5.41, 5.74) is 0. The highest BCUT2D eigenvalue weighted by Gasteiger charge is 2.18. The number of nitrogens with one attached hydrogen (secondary N) is 1. The van der Waals surface area contributed by atoms with Gasteiger partial charge in [-0.2, -0.15) is 0 Å². The molecule has 0 aliphatic heterocycles. The third-order valence-corrected chi connectivity index (χ3v) is 3.38. The van der Waals surface area contributed by atoms with E-state index in [1.807, 2.05) is 6.92 Å². The first kappa shape index (κ1) is 11.8. The summed E-state index contributed by atoms with van der Waals surface area (Å²) in [6, 6.07) is 0. The van der Waals surface area contributed by atoms with Crippen LogP contribution in [0.25, 0.3) is 0 Å². The largest absolute Gasteiger partial charge is 0.355 e. The third kappa shape index (κ3) is 4.32. The Morgan fingerprint density at radius 1 is 1.50 bits per heavy atom. The van der Waals surface area contributed by atoms with Gasteiger partial charge in [0, 0.05) is 13.0 Å². The minimum Gasteiger partial charge on any atom is -0.355 e. The van der Waals surface area contributed by atoms with Crippen molar-refractivity contribution in [2.75, 3.05) is 6.54 Å². The lowest BCUT2D eigenvalue weighted by Gasteiger charge is -2.11. The van der Waals surface area contributed by atoms with Crippen LogP contribution < -0.4 is 5.32 Å². The summed E-state index contributed by atoms with van der Waals surface area (Å²) in [6.07, 6.45) is 6.66. The summed E-state index contributed by atoms with van der Waals surface area (Å²) in [6.45, 7) is 2.64. The van der Waals surface area contributed by atoms with Gasteiger partial charge in [0.05, 0.1) is 5.38 Å². The fraction of sp³-hybridized carbons (Fsp3) is 0.909. The van der Waals surface area contributed by atoms with E-state index in [1.54, 1.807) is 0 Å². The number of rotatable bonds is 5. The summed E-state index contributed by atoms with van der Waals surface area (Å²) >= 11 is 5.91. The van der Waals surface area contributed by atoms with E-state index in [2.05, 4.69) is 5.32 Å². The summed E-state index contributed by atoms with van der Waals surface area (Å²) in [5.74, 6) is 0.807. The van der Waals surface area contributed by atoms with Crippen molar-refractivity contribution in [1.82, 2.24) is 5.32 Å². The number of alkyl halides is 1. The number of carbonyl (C=O) groups is 1. The Morgan fingerprint density at radius 3 is 2.71 bits per heavy atom. The second-order valence-corrected chi connectivity index (χ2v) is 4.78. The standard InChI is InChI=1S/C11H20ClNO/c1-2-10(12)8-13-11(14)7-9-5-3-4-6-9/h9-10H,2-8H2,1H3,(H,13,14). The van der Waals surface area contributed by atoms with E-state index in [4.69, 9.17) is 11.6 Å². The fourth-order valence-corrected chi connectivity index (χ4v) is 1.99. The molecule has 0 aromatic rings. The average molecular weight is 218 g/mol. The number of carbonyl (C=O) groups excluding carboxylic acids is 1. The molecule has 3 heteroatoms. The zero-order chi connectivity index (χ0) is 10.4. The molecule has 1 aliphatic carbocycles. The highest BCUT2D eigenvalue weighted by Crippen LogP contribution is 2.27. The van der Waals surface area contributed by atoms with Crippen molar-refractivity contribution < 1.29 is 4.79 Å². The van der Waals surface area contributed by atoms with Crippen LogP contribution in [0.4, 0.5) is 0 Å². The van der Waals surface area contributed by atoms with Gasteiger partial charge in [0.25, 0.3) is 0 Å². The van der Waals surface area contributed by atoms with Gasteiger partial charge in [0.2, 0.25) is 5.91 Å². The van der Waals surface area contributed by atoms with E-state index in [0.29, 0.717) is 18.9 Å². The Bertz CT molecular complexity index is 178. The minimum atomic E-state index is 0.0857. The van der Waals surface area contributed by atoms with Crippen LogP contribution in [0.1, 0.15) is 45.4 Å². The van der Waals surface area contributed by atoms with Gasteiger partial charge < -0.3 is 5.32 Å². The van der Waals surface area contributed by atoms with Crippen LogP contribution in [0.5, 0.6) is 0 Å². The lowest BCUT2D eigenvalue weighted by atomic mass is 10.0. The average Bonchev–Trinajstić information content (AvgIpc) is 2.66. The first-order valence-electron chi connectivity index (χ1n) is 5.63. The maximum Gasteiger partial charge on any atom is 0.220 e. The highest BCUT2D eigenvalue weighted by atomic mass is 35.5. The van der Waals surface area contributed by atoms with Crippen molar-refractivity contribution in [1.29, 1.82) is 0 Å². The molecule has 0 radical (unpaired) electrons. The molecule has 1 N–H and O–H groups in total. The van der Waals surface area contributed by atoms with E-state index in [1.165, 1.54) is 25.7 Å². The Balaban J connectivity index is 2.09. The van der Waals surface area contributed by atoms with Crippen LogP contribution in [0.15, 0.2) is 0 Å². The molecule has 0 spiro atoms. The van der Waals surface area contributed by atoms with E-state index in [0.717, 1.165) is 6.42 Å².